The van der Waals surface area contributed by atoms with Gasteiger partial charge in [-0.25, -0.2) is 4.79 Å². The van der Waals surface area contributed by atoms with Crippen LogP contribution < -0.4 is 5.32 Å². The van der Waals surface area contributed by atoms with Gasteiger partial charge in [-0.3, -0.25) is 0 Å². The average molecular weight is 304 g/mol. The van der Waals surface area contributed by atoms with Crippen LogP contribution in [0.1, 0.15) is 33.3 Å². The van der Waals surface area contributed by atoms with E-state index in [4.69, 9.17) is 4.74 Å². The van der Waals surface area contributed by atoms with Gasteiger partial charge in [0.15, 0.2) is 0 Å². The van der Waals surface area contributed by atoms with Gasteiger partial charge in [0.2, 0.25) is 0 Å². The molecule has 1 saturated heterocycles. The van der Waals surface area contributed by atoms with E-state index >= 15 is 0 Å². The van der Waals surface area contributed by atoms with Crippen molar-refractivity contribution in [1.29, 1.82) is 0 Å². The zero-order chi connectivity index (χ0) is 16.2. The predicted octanol–water partition coefficient (Wildman–Crippen LogP) is 3.28. The molecule has 0 radical (unpaired) electrons. The van der Waals surface area contributed by atoms with Crippen molar-refractivity contribution in [3.63, 3.8) is 0 Å². The molecule has 2 unspecified atom stereocenters. The topological polar surface area (TPSA) is 41.6 Å². The van der Waals surface area contributed by atoms with Crippen LogP contribution >= 0.6 is 0 Å². The molecule has 0 saturated carbocycles. The highest BCUT2D eigenvalue weighted by atomic mass is 16.6. The van der Waals surface area contributed by atoms with E-state index < -0.39 is 5.60 Å². The van der Waals surface area contributed by atoms with Crippen LogP contribution in [0.15, 0.2) is 30.3 Å². The van der Waals surface area contributed by atoms with E-state index in [0.29, 0.717) is 11.8 Å². The van der Waals surface area contributed by atoms with Crippen molar-refractivity contribution in [1.82, 2.24) is 10.2 Å². The predicted molar refractivity (Wildman–Crippen MR) is 88.6 cm³/mol. The summed E-state index contributed by atoms with van der Waals surface area (Å²) in [6.45, 7) is 11.3. The fourth-order valence-electron chi connectivity index (χ4n) is 2.77. The van der Waals surface area contributed by atoms with E-state index in [-0.39, 0.29) is 6.09 Å². The number of likely N-dealkylation sites (tertiary alicyclic amines) is 1. The second-order valence-electron chi connectivity index (χ2n) is 7.24. The van der Waals surface area contributed by atoms with Gasteiger partial charge in [0.05, 0.1) is 0 Å². The molecule has 0 aliphatic carbocycles. The number of carbonyl (C=O) groups excluding carboxylic acids is 1. The minimum Gasteiger partial charge on any atom is -0.444 e. The maximum atomic E-state index is 12.1. The molecular weight excluding hydrogens is 276 g/mol. The second kappa shape index (κ2) is 7.14. The molecule has 0 spiro atoms. The third kappa shape index (κ3) is 5.02. The third-order valence-electron chi connectivity index (χ3n) is 4.00. The van der Waals surface area contributed by atoms with E-state index in [1.165, 1.54) is 5.56 Å². The van der Waals surface area contributed by atoms with E-state index in [2.05, 4.69) is 36.5 Å². The first kappa shape index (κ1) is 16.8. The molecule has 1 heterocycles. The van der Waals surface area contributed by atoms with Crippen LogP contribution in [0.25, 0.3) is 0 Å². The molecule has 1 aliphatic heterocycles. The van der Waals surface area contributed by atoms with Crippen molar-refractivity contribution in [3.8, 4) is 0 Å². The summed E-state index contributed by atoms with van der Waals surface area (Å²) in [6, 6.07) is 10.4. The Balaban J connectivity index is 1.77. The molecule has 1 aromatic carbocycles. The first-order valence-electron chi connectivity index (χ1n) is 8.08. The molecule has 1 N–H and O–H groups in total. The minimum absolute atomic E-state index is 0.190. The number of carbonyl (C=O) groups is 1. The van der Waals surface area contributed by atoms with Crippen molar-refractivity contribution in [2.24, 2.45) is 11.8 Å². The molecule has 0 bridgehead atoms. The Morgan fingerprint density at radius 3 is 2.59 bits per heavy atom. The number of nitrogens with one attached hydrogen (secondary N) is 1. The largest absolute Gasteiger partial charge is 0.444 e. The van der Waals surface area contributed by atoms with Crippen molar-refractivity contribution >= 4 is 6.09 Å². The highest BCUT2D eigenvalue weighted by Gasteiger charge is 2.34. The molecule has 2 atom stereocenters. The van der Waals surface area contributed by atoms with Gasteiger partial charge in [-0.15, -0.1) is 0 Å². The molecule has 22 heavy (non-hydrogen) atoms. The Labute approximate surface area is 133 Å². The molecule has 1 amide bonds. The third-order valence-corrected chi connectivity index (χ3v) is 4.00. The lowest BCUT2D eigenvalue weighted by Gasteiger charge is -2.24. The summed E-state index contributed by atoms with van der Waals surface area (Å²) in [5.41, 5.74) is 0.862. The average Bonchev–Trinajstić information content (AvgIpc) is 2.80. The van der Waals surface area contributed by atoms with Gasteiger partial charge < -0.3 is 15.0 Å². The Morgan fingerprint density at radius 2 is 1.95 bits per heavy atom. The number of ether oxygens (including phenoxy) is 1. The van der Waals surface area contributed by atoms with E-state index in [1.807, 2.05) is 31.7 Å². The molecule has 4 heteroatoms. The van der Waals surface area contributed by atoms with Crippen LogP contribution in [0, 0.1) is 11.8 Å². The Morgan fingerprint density at radius 1 is 1.27 bits per heavy atom. The number of amides is 1. The number of benzene rings is 1. The maximum Gasteiger partial charge on any atom is 0.410 e. The Bertz CT molecular complexity index is 482. The summed E-state index contributed by atoms with van der Waals surface area (Å²) in [5.74, 6) is 0.979. The summed E-state index contributed by atoms with van der Waals surface area (Å²) in [5, 5.41) is 3.50. The van der Waals surface area contributed by atoms with E-state index in [9.17, 15) is 4.79 Å². The number of hydrogen-bond donors (Lipinski definition) is 1. The first-order valence-corrected chi connectivity index (χ1v) is 8.08. The Hall–Kier alpha value is -1.55. The summed E-state index contributed by atoms with van der Waals surface area (Å²) < 4.78 is 5.46. The Kier molecular flexibility index (Phi) is 5.46. The number of nitrogens with zero attached hydrogens (tertiary/aromatic N) is 1. The molecule has 0 aromatic heterocycles. The lowest BCUT2D eigenvalue weighted by atomic mass is 9.98. The van der Waals surface area contributed by atoms with Crippen LogP contribution in [0.2, 0.25) is 0 Å². The quantitative estimate of drug-likeness (QED) is 0.928. The fourth-order valence-corrected chi connectivity index (χ4v) is 2.77. The molecule has 122 valence electrons. The van der Waals surface area contributed by atoms with Gasteiger partial charge in [0.1, 0.15) is 5.60 Å². The van der Waals surface area contributed by atoms with Crippen LogP contribution in [-0.2, 0) is 11.3 Å². The van der Waals surface area contributed by atoms with Crippen LogP contribution in [0.5, 0.6) is 0 Å². The van der Waals surface area contributed by atoms with E-state index in [1.54, 1.807) is 0 Å². The smallest absolute Gasteiger partial charge is 0.410 e. The van der Waals surface area contributed by atoms with Crippen LogP contribution in [-0.4, -0.2) is 36.2 Å². The SMILES string of the molecule is CC1CN(C(=O)OC(C)(C)C)CC1CNCc1ccccc1. The standard InChI is InChI=1S/C18H28N2O2/c1-14-12-20(17(21)22-18(2,3)4)13-16(14)11-19-10-15-8-6-5-7-9-15/h5-9,14,16,19H,10-13H2,1-4H3. The summed E-state index contributed by atoms with van der Waals surface area (Å²) in [6.07, 6.45) is -0.190. The van der Waals surface area contributed by atoms with Gasteiger partial charge in [-0.05, 0) is 38.2 Å². The fraction of sp³-hybridized carbons (Fsp3) is 0.611. The molecule has 1 aliphatic rings. The van der Waals surface area contributed by atoms with Crippen molar-refractivity contribution in [2.75, 3.05) is 19.6 Å². The maximum absolute atomic E-state index is 12.1. The summed E-state index contributed by atoms with van der Waals surface area (Å²) in [4.78, 5) is 14.0. The first-order chi connectivity index (χ1) is 10.3. The summed E-state index contributed by atoms with van der Waals surface area (Å²) in [7, 11) is 0. The molecule has 2 rings (SSSR count). The number of rotatable bonds is 4. The van der Waals surface area contributed by atoms with Gasteiger partial charge in [0.25, 0.3) is 0 Å². The normalized spacial score (nSPS) is 21.9. The highest BCUT2D eigenvalue weighted by molar-refractivity contribution is 5.68. The van der Waals surface area contributed by atoms with Crippen molar-refractivity contribution < 1.29 is 9.53 Å². The van der Waals surface area contributed by atoms with Crippen LogP contribution in [0.4, 0.5) is 4.79 Å². The number of hydrogen-bond acceptors (Lipinski definition) is 3. The zero-order valence-electron chi connectivity index (χ0n) is 14.1. The van der Waals surface area contributed by atoms with Crippen molar-refractivity contribution in [3.05, 3.63) is 35.9 Å². The van der Waals surface area contributed by atoms with Gasteiger partial charge in [-0.2, -0.15) is 0 Å². The van der Waals surface area contributed by atoms with Crippen LogP contribution in [0.3, 0.4) is 0 Å². The van der Waals surface area contributed by atoms with Gasteiger partial charge in [-0.1, -0.05) is 37.3 Å². The summed E-state index contributed by atoms with van der Waals surface area (Å²) >= 11 is 0. The van der Waals surface area contributed by atoms with Crippen molar-refractivity contribution in [2.45, 2.75) is 39.8 Å². The molecule has 4 nitrogen and oxygen atoms in total. The second-order valence-corrected chi connectivity index (χ2v) is 7.24. The molecule has 1 fully saturated rings. The molecular formula is C18H28N2O2. The van der Waals surface area contributed by atoms with E-state index in [0.717, 1.165) is 26.2 Å². The zero-order valence-corrected chi connectivity index (χ0v) is 14.1. The lowest BCUT2D eigenvalue weighted by Crippen LogP contribution is -2.36. The highest BCUT2D eigenvalue weighted by Crippen LogP contribution is 2.24. The van der Waals surface area contributed by atoms with Gasteiger partial charge in [0, 0.05) is 26.2 Å². The minimum atomic E-state index is -0.427. The van der Waals surface area contributed by atoms with Gasteiger partial charge >= 0.3 is 6.09 Å². The monoisotopic (exact) mass is 304 g/mol. The lowest BCUT2D eigenvalue weighted by molar-refractivity contribution is 0.0284. The molecule has 1 aromatic rings.